The third-order valence-electron chi connectivity index (χ3n) is 4.41. The lowest BCUT2D eigenvalue weighted by molar-refractivity contribution is 0.238. The molecule has 2 aromatic rings. The molecule has 0 amide bonds. The number of hydrogen-bond acceptors (Lipinski definition) is 3. The zero-order valence-electron chi connectivity index (χ0n) is 10.8. The standard InChI is InChI=1S/C14H20N4/c1-10-2-5-14(9-15,6-3-10)13-17-11-4-7-16-8-12(11)18-13/h4,7-8,10H,2-3,5-6,9,15H2,1H3,(H,17,18). The first-order chi connectivity index (χ1) is 8.73. The van der Waals surface area contributed by atoms with Crippen LogP contribution in [0.4, 0.5) is 0 Å². The van der Waals surface area contributed by atoms with Crippen LogP contribution in [0.1, 0.15) is 38.4 Å². The molecule has 4 heteroatoms. The number of fused-ring (bicyclic) bond motifs is 1. The van der Waals surface area contributed by atoms with E-state index in [1.54, 1.807) is 6.20 Å². The molecule has 0 spiro atoms. The summed E-state index contributed by atoms with van der Waals surface area (Å²) in [5.41, 5.74) is 8.11. The van der Waals surface area contributed by atoms with Crippen molar-refractivity contribution >= 4 is 11.0 Å². The van der Waals surface area contributed by atoms with Crippen molar-refractivity contribution in [1.82, 2.24) is 15.0 Å². The van der Waals surface area contributed by atoms with Gasteiger partial charge in [-0.2, -0.15) is 0 Å². The Labute approximate surface area is 107 Å². The molecule has 0 unspecified atom stereocenters. The molecule has 1 fully saturated rings. The molecule has 3 rings (SSSR count). The number of H-pyrrole nitrogens is 1. The lowest BCUT2D eigenvalue weighted by atomic mass is 9.70. The number of pyridine rings is 1. The number of nitrogens with zero attached hydrogens (tertiary/aromatic N) is 2. The van der Waals surface area contributed by atoms with Gasteiger partial charge in [-0.15, -0.1) is 0 Å². The Kier molecular flexibility index (Phi) is 2.82. The van der Waals surface area contributed by atoms with E-state index in [9.17, 15) is 0 Å². The first-order valence-electron chi connectivity index (χ1n) is 6.74. The van der Waals surface area contributed by atoms with E-state index in [-0.39, 0.29) is 5.41 Å². The molecule has 0 radical (unpaired) electrons. The summed E-state index contributed by atoms with van der Waals surface area (Å²) in [5, 5.41) is 0. The van der Waals surface area contributed by atoms with Gasteiger partial charge in [0.05, 0.1) is 17.2 Å². The Morgan fingerprint density at radius 1 is 1.44 bits per heavy atom. The van der Waals surface area contributed by atoms with E-state index < -0.39 is 0 Å². The largest absolute Gasteiger partial charge is 0.340 e. The molecule has 0 saturated heterocycles. The van der Waals surface area contributed by atoms with Crippen molar-refractivity contribution in [2.45, 2.75) is 38.0 Å². The van der Waals surface area contributed by atoms with Crippen molar-refractivity contribution in [3.63, 3.8) is 0 Å². The highest BCUT2D eigenvalue weighted by molar-refractivity contribution is 5.73. The van der Waals surface area contributed by atoms with E-state index in [0.29, 0.717) is 6.54 Å². The molecule has 18 heavy (non-hydrogen) atoms. The van der Waals surface area contributed by atoms with Crippen LogP contribution in [0.25, 0.3) is 11.0 Å². The van der Waals surface area contributed by atoms with Crippen LogP contribution in [0.5, 0.6) is 0 Å². The second-order valence-electron chi connectivity index (χ2n) is 5.65. The molecule has 3 N–H and O–H groups in total. The maximum Gasteiger partial charge on any atom is 0.114 e. The third-order valence-corrected chi connectivity index (χ3v) is 4.41. The first kappa shape index (κ1) is 11.7. The number of hydrogen-bond donors (Lipinski definition) is 2. The Balaban J connectivity index is 2.00. The monoisotopic (exact) mass is 244 g/mol. The van der Waals surface area contributed by atoms with Crippen LogP contribution in [0.2, 0.25) is 0 Å². The van der Waals surface area contributed by atoms with Gasteiger partial charge in [0.25, 0.3) is 0 Å². The van der Waals surface area contributed by atoms with Gasteiger partial charge in [0.15, 0.2) is 0 Å². The Morgan fingerprint density at radius 2 is 2.22 bits per heavy atom. The highest BCUT2D eigenvalue weighted by atomic mass is 15.0. The van der Waals surface area contributed by atoms with E-state index in [4.69, 9.17) is 10.7 Å². The van der Waals surface area contributed by atoms with Gasteiger partial charge in [-0.3, -0.25) is 4.98 Å². The van der Waals surface area contributed by atoms with Gasteiger partial charge >= 0.3 is 0 Å². The predicted octanol–water partition coefficient (Wildman–Crippen LogP) is 2.36. The molecule has 1 aliphatic carbocycles. The van der Waals surface area contributed by atoms with Crippen LogP contribution in [0.3, 0.4) is 0 Å². The van der Waals surface area contributed by atoms with Gasteiger partial charge in [-0.1, -0.05) is 6.92 Å². The van der Waals surface area contributed by atoms with E-state index in [1.807, 2.05) is 12.3 Å². The predicted molar refractivity (Wildman–Crippen MR) is 72.3 cm³/mol. The number of nitrogens with two attached hydrogens (primary N) is 1. The second kappa shape index (κ2) is 4.35. The number of aromatic nitrogens is 3. The van der Waals surface area contributed by atoms with Crippen LogP contribution in [0.15, 0.2) is 18.5 Å². The molecule has 1 saturated carbocycles. The third kappa shape index (κ3) is 1.81. The Bertz CT molecular complexity index is 504. The summed E-state index contributed by atoms with van der Waals surface area (Å²) in [5.74, 6) is 1.87. The minimum Gasteiger partial charge on any atom is -0.340 e. The Hall–Kier alpha value is -1.42. The Morgan fingerprint density at radius 3 is 2.89 bits per heavy atom. The smallest absolute Gasteiger partial charge is 0.114 e. The summed E-state index contributed by atoms with van der Waals surface area (Å²) in [7, 11) is 0. The summed E-state index contributed by atoms with van der Waals surface area (Å²) >= 11 is 0. The van der Waals surface area contributed by atoms with Crippen LogP contribution in [-0.4, -0.2) is 21.5 Å². The van der Waals surface area contributed by atoms with Crippen molar-refractivity contribution in [2.75, 3.05) is 6.54 Å². The summed E-state index contributed by atoms with van der Waals surface area (Å²) < 4.78 is 0. The molecule has 1 aliphatic rings. The summed E-state index contributed by atoms with van der Waals surface area (Å²) in [6, 6.07) is 1.95. The van der Waals surface area contributed by atoms with Crippen molar-refractivity contribution in [2.24, 2.45) is 11.7 Å². The van der Waals surface area contributed by atoms with Crippen molar-refractivity contribution in [3.8, 4) is 0 Å². The van der Waals surface area contributed by atoms with Crippen LogP contribution in [0, 0.1) is 5.92 Å². The molecule has 96 valence electrons. The molecule has 2 aromatic heterocycles. The van der Waals surface area contributed by atoms with Crippen LogP contribution in [-0.2, 0) is 5.41 Å². The highest BCUT2D eigenvalue weighted by Crippen LogP contribution is 2.39. The van der Waals surface area contributed by atoms with Crippen LogP contribution >= 0.6 is 0 Å². The molecule has 0 atom stereocenters. The average molecular weight is 244 g/mol. The minimum atomic E-state index is 0.0472. The topological polar surface area (TPSA) is 67.6 Å². The molecule has 0 aromatic carbocycles. The van der Waals surface area contributed by atoms with Crippen molar-refractivity contribution in [1.29, 1.82) is 0 Å². The fraction of sp³-hybridized carbons (Fsp3) is 0.571. The minimum absolute atomic E-state index is 0.0472. The maximum absolute atomic E-state index is 6.06. The normalized spacial score (nSPS) is 28.7. The molecular weight excluding hydrogens is 224 g/mol. The number of aromatic amines is 1. The molecular formula is C14H20N4. The molecule has 4 nitrogen and oxygen atoms in total. The molecule has 0 bridgehead atoms. The fourth-order valence-electron chi connectivity index (χ4n) is 2.96. The average Bonchev–Trinajstić information content (AvgIpc) is 2.84. The summed E-state index contributed by atoms with van der Waals surface area (Å²) in [6.45, 7) is 3.00. The number of imidazole rings is 1. The fourth-order valence-corrected chi connectivity index (χ4v) is 2.96. The van der Waals surface area contributed by atoms with E-state index in [0.717, 1.165) is 35.6 Å². The summed E-state index contributed by atoms with van der Waals surface area (Å²) in [6.07, 6.45) is 8.38. The van der Waals surface area contributed by atoms with Crippen molar-refractivity contribution in [3.05, 3.63) is 24.3 Å². The van der Waals surface area contributed by atoms with Gasteiger partial charge in [0.1, 0.15) is 5.82 Å². The molecule has 2 heterocycles. The van der Waals surface area contributed by atoms with E-state index in [2.05, 4.69) is 16.9 Å². The van der Waals surface area contributed by atoms with Gasteiger partial charge in [0, 0.05) is 18.2 Å². The number of nitrogens with one attached hydrogen (secondary N) is 1. The zero-order valence-corrected chi connectivity index (χ0v) is 10.8. The lowest BCUT2D eigenvalue weighted by Gasteiger charge is -2.36. The van der Waals surface area contributed by atoms with Crippen molar-refractivity contribution < 1.29 is 0 Å². The number of rotatable bonds is 2. The second-order valence-corrected chi connectivity index (χ2v) is 5.65. The van der Waals surface area contributed by atoms with Gasteiger partial charge < -0.3 is 10.7 Å². The quantitative estimate of drug-likeness (QED) is 0.852. The maximum atomic E-state index is 6.06. The van der Waals surface area contributed by atoms with Gasteiger partial charge in [0.2, 0.25) is 0 Å². The molecule has 0 aliphatic heterocycles. The highest BCUT2D eigenvalue weighted by Gasteiger charge is 2.37. The zero-order chi connectivity index (χ0) is 12.6. The van der Waals surface area contributed by atoms with E-state index >= 15 is 0 Å². The SMILES string of the molecule is CC1CCC(CN)(c2nc3ccncc3[nH]2)CC1. The van der Waals surface area contributed by atoms with Gasteiger partial charge in [-0.25, -0.2) is 4.98 Å². The lowest BCUT2D eigenvalue weighted by Crippen LogP contribution is -2.39. The van der Waals surface area contributed by atoms with Crippen LogP contribution < -0.4 is 5.73 Å². The first-order valence-corrected chi connectivity index (χ1v) is 6.74. The van der Waals surface area contributed by atoms with E-state index in [1.165, 1.54) is 12.8 Å². The summed E-state index contributed by atoms with van der Waals surface area (Å²) in [4.78, 5) is 12.3. The van der Waals surface area contributed by atoms with Gasteiger partial charge in [-0.05, 0) is 37.7 Å².